The average molecular weight is 313 g/mol. The van der Waals surface area contributed by atoms with E-state index in [1.54, 1.807) is 54.6 Å². The number of aromatic hydroxyl groups is 1. The van der Waals surface area contributed by atoms with Gasteiger partial charge in [0.05, 0.1) is 10.6 Å². The predicted octanol–water partition coefficient (Wildman–Crippen LogP) is 3.65. The van der Waals surface area contributed by atoms with Crippen LogP contribution in [-0.2, 0) is 10.0 Å². The van der Waals surface area contributed by atoms with Gasteiger partial charge in [-0.3, -0.25) is 4.72 Å². The molecule has 0 unspecified atom stereocenters. The summed E-state index contributed by atoms with van der Waals surface area (Å²) in [5.74, 6) is 0.119. The number of hydrogen-bond acceptors (Lipinski definition) is 3. The van der Waals surface area contributed by atoms with Crippen molar-refractivity contribution in [2.24, 2.45) is 0 Å². The summed E-state index contributed by atoms with van der Waals surface area (Å²) in [6.45, 7) is 1.90. The second-order valence-corrected chi connectivity index (χ2v) is 6.78. The smallest absolute Gasteiger partial charge is 0.261 e. The highest BCUT2D eigenvalue weighted by molar-refractivity contribution is 7.92. The van der Waals surface area contributed by atoms with E-state index in [9.17, 15) is 13.5 Å². The largest absolute Gasteiger partial charge is 0.507 e. The van der Waals surface area contributed by atoms with Crippen molar-refractivity contribution in [3.63, 3.8) is 0 Å². The molecule has 112 valence electrons. The topological polar surface area (TPSA) is 66.4 Å². The first-order valence-corrected chi connectivity index (χ1v) is 8.26. The summed E-state index contributed by atoms with van der Waals surface area (Å²) in [5, 5.41) is 11.1. The van der Waals surface area contributed by atoms with Crippen molar-refractivity contribution in [1.82, 2.24) is 0 Å². The van der Waals surface area contributed by atoms with E-state index >= 15 is 0 Å². The van der Waals surface area contributed by atoms with E-state index in [-0.39, 0.29) is 10.6 Å². The standard InChI is InChI=1S/C17H15NO3S/c1-12-6-8-13(9-7-12)22(20,21)18-16-10-11-17(19)15-5-3-2-4-14(15)16/h2-11,18-19H,1H3. The highest BCUT2D eigenvalue weighted by atomic mass is 32.2. The van der Waals surface area contributed by atoms with Gasteiger partial charge < -0.3 is 5.11 Å². The van der Waals surface area contributed by atoms with Crippen LogP contribution in [0.25, 0.3) is 10.8 Å². The van der Waals surface area contributed by atoms with Gasteiger partial charge in [0.15, 0.2) is 0 Å². The van der Waals surface area contributed by atoms with Crippen molar-refractivity contribution >= 4 is 26.5 Å². The normalized spacial score (nSPS) is 11.5. The number of phenols is 1. The van der Waals surface area contributed by atoms with Crippen LogP contribution >= 0.6 is 0 Å². The Labute approximate surface area is 129 Å². The Morgan fingerprint density at radius 1 is 0.864 bits per heavy atom. The SMILES string of the molecule is Cc1ccc(S(=O)(=O)Nc2ccc(O)c3ccccc23)cc1. The van der Waals surface area contributed by atoms with Gasteiger partial charge in [-0.15, -0.1) is 0 Å². The lowest BCUT2D eigenvalue weighted by atomic mass is 10.1. The van der Waals surface area contributed by atoms with Gasteiger partial charge in [0.25, 0.3) is 10.0 Å². The van der Waals surface area contributed by atoms with E-state index in [1.165, 1.54) is 6.07 Å². The van der Waals surface area contributed by atoms with Crippen molar-refractivity contribution in [2.75, 3.05) is 4.72 Å². The van der Waals surface area contributed by atoms with Crippen LogP contribution in [0.15, 0.2) is 65.6 Å². The van der Waals surface area contributed by atoms with Crippen molar-refractivity contribution in [2.45, 2.75) is 11.8 Å². The lowest BCUT2D eigenvalue weighted by molar-refractivity contribution is 0.481. The van der Waals surface area contributed by atoms with Crippen LogP contribution in [0, 0.1) is 6.92 Å². The number of fused-ring (bicyclic) bond motifs is 1. The molecule has 0 radical (unpaired) electrons. The monoisotopic (exact) mass is 313 g/mol. The van der Waals surface area contributed by atoms with Gasteiger partial charge in [-0.25, -0.2) is 8.42 Å². The number of rotatable bonds is 3. The van der Waals surface area contributed by atoms with Crippen molar-refractivity contribution in [1.29, 1.82) is 0 Å². The molecule has 0 bridgehead atoms. The first kappa shape index (κ1) is 14.4. The van der Waals surface area contributed by atoms with Crippen LogP contribution < -0.4 is 4.72 Å². The fourth-order valence-electron chi connectivity index (χ4n) is 2.29. The van der Waals surface area contributed by atoms with E-state index in [2.05, 4.69) is 4.72 Å². The molecule has 0 spiro atoms. The fraction of sp³-hybridized carbons (Fsp3) is 0.0588. The molecular formula is C17H15NO3S. The Bertz CT molecular complexity index is 932. The number of nitrogens with one attached hydrogen (secondary N) is 1. The molecule has 3 aromatic carbocycles. The molecule has 5 heteroatoms. The maximum Gasteiger partial charge on any atom is 0.261 e. The van der Waals surface area contributed by atoms with Gasteiger partial charge in [0.1, 0.15) is 5.75 Å². The highest BCUT2D eigenvalue weighted by Crippen LogP contribution is 2.31. The summed E-state index contributed by atoms with van der Waals surface area (Å²) < 4.78 is 27.5. The molecule has 0 atom stereocenters. The van der Waals surface area contributed by atoms with Gasteiger partial charge in [0, 0.05) is 10.8 Å². The van der Waals surface area contributed by atoms with Crippen LogP contribution in [0.2, 0.25) is 0 Å². The van der Waals surface area contributed by atoms with Gasteiger partial charge in [0.2, 0.25) is 0 Å². The first-order chi connectivity index (χ1) is 10.5. The van der Waals surface area contributed by atoms with Crippen LogP contribution in [0.5, 0.6) is 5.75 Å². The molecule has 3 rings (SSSR count). The Kier molecular flexibility index (Phi) is 3.50. The third kappa shape index (κ3) is 2.63. The average Bonchev–Trinajstić information content (AvgIpc) is 2.51. The molecule has 0 saturated heterocycles. The molecule has 0 aliphatic carbocycles. The summed E-state index contributed by atoms with van der Waals surface area (Å²) in [6, 6.07) is 16.8. The Balaban J connectivity index is 2.06. The highest BCUT2D eigenvalue weighted by Gasteiger charge is 2.15. The van der Waals surface area contributed by atoms with E-state index in [4.69, 9.17) is 0 Å². The van der Waals surface area contributed by atoms with E-state index < -0.39 is 10.0 Å². The van der Waals surface area contributed by atoms with Gasteiger partial charge >= 0.3 is 0 Å². The third-order valence-corrected chi connectivity index (χ3v) is 4.86. The van der Waals surface area contributed by atoms with Gasteiger partial charge in [-0.05, 0) is 31.2 Å². The van der Waals surface area contributed by atoms with E-state index in [1.807, 2.05) is 6.92 Å². The molecule has 22 heavy (non-hydrogen) atoms. The number of phenolic OH excluding ortho intramolecular Hbond substituents is 1. The zero-order valence-electron chi connectivity index (χ0n) is 11.9. The molecule has 0 aromatic heterocycles. The maximum atomic E-state index is 12.5. The molecule has 3 aromatic rings. The van der Waals surface area contributed by atoms with Crippen LogP contribution in [0.3, 0.4) is 0 Å². The second kappa shape index (κ2) is 5.35. The van der Waals surface area contributed by atoms with Gasteiger partial charge in [-0.2, -0.15) is 0 Å². The number of anilines is 1. The summed E-state index contributed by atoms with van der Waals surface area (Å²) in [6.07, 6.45) is 0. The molecule has 4 nitrogen and oxygen atoms in total. The summed E-state index contributed by atoms with van der Waals surface area (Å²) in [5.41, 5.74) is 1.43. The Hall–Kier alpha value is -2.53. The summed E-state index contributed by atoms with van der Waals surface area (Å²) >= 11 is 0. The number of benzene rings is 3. The molecule has 0 amide bonds. The molecule has 0 fully saturated rings. The quantitative estimate of drug-likeness (QED) is 0.725. The number of sulfonamides is 1. The minimum absolute atomic E-state index is 0.119. The van der Waals surface area contributed by atoms with Crippen LogP contribution in [0.4, 0.5) is 5.69 Å². The fourth-order valence-corrected chi connectivity index (χ4v) is 3.37. The maximum absolute atomic E-state index is 12.5. The Morgan fingerprint density at radius 2 is 1.50 bits per heavy atom. The minimum Gasteiger partial charge on any atom is -0.507 e. The van der Waals surface area contributed by atoms with Crippen molar-refractivity contribution in [3.05, 3.63) is 66.2 Å². The number of hydrogen-bond donors (Lipinski definition) is 2. The molecule has 0 aliphatic rings. The summed E-state index contributed by atoms with van der Waals surface area (Å²) in [7, 11) is -3.67. The molecule has 0 aliphatic heterocycles. The van der Waals surface area contributed by atoms with E-state index in [0.29, 0.717) is 16.5 Å². The van der Waals surface area contributed by atoms with Crippen LogP contribution in [-0.4, -0.2) is 13.5 Å². The van der Waals surface area contributed by atoms with Gasteiger partial charge in [-0.1, -0.05) is 42.0 Å². The third-order valence-electron chi connectivity index (χ3n) is 3.48. The predicted molar refractivity (Wildman–Crippen MR) is 87.6 cm³/mol. The molecule has 0 saturated carbocycles. The summed E-state index contributed by atoms with van der Waals surface area (Å²) in [4.78, 5) is 0.204. The second-order valence-electron chi connectivity index (χ2n) is 5.10. The van der Waals surface area contributed by atoms with E-state index in [0.717, 1.165) is 5.56 Å². The Morgan fingerprint density at radius 3 is 2.18 bits per heavy atom. The molecule has 0 heterocycles. The zero-order chi connectivity index (χ0) is 15.7. The number of aryl methyl sites for hydroxylation is 1. The van der Waals surface area contributed by atoms with Crippen LogP contribution in [0.1, 0.15) is 5.56 Å². The lowest BCUT2D eigenvalue weighted by Crippen LogP contribution is -2.13. The minimum atomic E-state index is -3.67. The van der Waals surface area contributed by atoms with Crippen molar-refractivity contribution < 1.29 is 13.5 Å². The first-order valence-electron chi connectivity index (χ1n) is 6.77. The molecular weight excluding hydrogens is 298 g/mol. The van der Waals surface area contributed by atoms with Crippen molar-refractivity contribution in [3.8, 4) is 5.75 Å². The lowest BCUT2D eigenvalue weighted by Gasteiger charge is -2.11. The zero-order valence-corrected chi connectivity index (χ0v) is 12.8. The molecule has 2 N–H and O–H groups in total.